The lowest BCUT2D eigenvalue weighted by molar-refractivity contribution is -0.156. The summed E-state index contributed by atoms with van der Waals surface area (Å²) in [6.07, 6.45) is -1.27. The molecule has 0 bridgehead atoms. The van der Waals surface area contributed by atoms with E-state index in [9.17, 15) is 14.4 Å². The van der Waals surface area contributed by atoms with Crippen LogP contribution in [0.15, 0.2) is 91.0 Å². The smallest absolute Gasteiger partial charge is 0.321 e. The third kappa shape index (κ3) is 5.11. The summed E-state index contributed by atoms with van der Waals surface area (Å²) in [6.45, 7) is 0. The number of carbonyl (C=O) groups excluding carboxylic acids is 3. The predicted molar refractivity (Wildman–Crippen MR) is 113 cm³/mol. The number of hydrogen-bond donors (Lipinski definition) is 2. The zero-order chi connectivity index (χ0) is 21.3. The molecular formula is C24H22N2O4. The third-order valence-electron chi connectivity index (χ3n) is 4.54. The van der Waals surface area contributed by atoms with Crippen molar-refractivity contribution in [3.8, 4) is 0 Å². The molecule has 0 aliphatic rings. The van der Waals surface area contributed by atoms with Crippen LogP contribution in [0, 0.1) is 0 Å². The number of ether oxygens (including phenoxy) is 1. The van der Waals surface area contributed by atoms with Gasteiger partial charge in [0.25, 0.3) is 5.91 Å². The molecule has 0 radical (unpaired) electrons. The van der Waals surface area contributed by atoms with Crippen molar-refractivity contribution >= 4 is 17.9 Å². The van der Waals surface area contributed by atoms with E-state index in [0.29, 0.717) is 5.56 Å². The van der Waals surface area contributed by atoms with Crippen molar-refractivity contribution in [2.45, 2.75) is 12.0 Å². The molecule has 0 fully saturated rings. The van der Waals surface area contributed by atoms with E-state index in [4.69, 9.17) is 4.74 Å². The highest BCUT2D eigenvalue weighted by Crippen LogP contribution is 2.29. The normalized spacial score (nSPS) is 11.4. The van der Waals surface area contributed by atoms with Crippen LogP contribution < -0.4 is 10.6 Å². The molecule has 0 saturated heterocycles. The summed E-state index contributed by atoms with van der Waals surface area (Å²) >= 11 is 0. The summed E-state index contributed by atoms with van der Waals surface area (Å²) in [4.78, 5) is 37.6. The van der Waals surface area contributed by atoms with Gasteiger partial charge in [0.1, 0.15) is 5.92 Å². The zero-order valence-corrected chi connectivity index (χ0v) is 16.4. The molecule has 6 nitrogen and oxygen atoms in total. The van der Waals surface area contributed by atoms with Crippen LogP contribution in [0.4, 0.5) is 4.79 Å². The van der Waals surface area contributed by atoms with Gasteiger partial charge in [-0.1, -0.05) is 91.0 Å². The van der Waals surface area contributed by atoms with Crippen LogP contribution in [0.1, 0.15) is 28.7 Å². The fraction of sp³-hybridized carbons (Fsp3) is 0.125. The highest BCUT2D eigenvalue weighted by molar-refractivity contribution is 5.98. The number of nitrogens with one attached hydrogen (secondary N) is 2. The molecule has 1 atom stereocenters. The molecule has 2 N–H and O–H groups in total. The van der Waals surface area contributed by atoms with Crippen LogP contribution in [-0.4, -0.2) is 25.0 Å². The second-order valence-corrected chi connectivity index (χ2v) is 6.55. The standard InChI is InChI=1S/C24H22N2O4/c1-25-24(29)26-22(27)21(19-15-9-4-10-16-19)30-23(28)20(17-11-5-2-6-12-17)18-13-7-3-8-14-18/h2-16,20-21H,1H3,(H2,25,26,27,29)/t21-/m0/s1. The number of imide groups is 1. The minimum Gasteiger partial charge on any atom is -0.447 e. The lowest BCUT2D eigenvalue weighted by Crippen LogP contribution is -2.41. The summed E-state index contributed by atoms with van der Waals surface area (Å²) < 4.78 is 5.68. The summed E-state index contributed by atoms with van der Waals surface area (Å²) in [6, 6.07) is 26.3. The molecule has 3 rings (SSSR count). The monoisotopic (exact) mass is 402 g/mol. The van der Waals surface area contributed by atoms with E-state index in [-0.39, 0.29) is 0 Å². The maximum absolute atomic E-state index is 13.3. The van der Waals surface area contributed by atoms with Crippen LogP contribution in [-0.2, 0) is 14.3 Å². The Hall–Kier alpha value is -3.93. The van der Waals surface area contributed by atoms with E-state index >= 15 is 0 Å². The van der Waals surface area contributed by atoms with Gasteiger partial charge in [0.05, 0.1) is 0 Å². The Morgan fingerprint density at radius 1 is 0.700 bits per heavy atom. The zero-order valence-electron chi connectivity index (χ0n) is 16.4. The molecular weight excluding hydrogens is 380 g/mol. The fourth-order valence-electron chi connectivity index (χ4n) is 3.08. The number of urea groups is 1. The largest absolute Gasteiger partial charge is 0.447 e. The Kier molecular flexibility index (Phi) is 6.95. The summed E-state index contributed by atoms with van der Waals surface area (Å²) in [5.41, 5.74) is 1.95. The van der Waals surface area contributed by atoms with Crippen molar-refractivity contribution in [3.05, 3.63) is 108 Å². The highest BCUT2D eigenvalue weighted by Gasteiger charge is 2.31. The van der Waals surface area contributed by atoms with Crippen molar-refractivity contribution in [1.82, 2.24) is 10.6 Å². The van der Waals surface area contributed by atoms with Gasteiger partial charge in [-0.15, -0.1) is 0 Å². The van der Waals surface area contributed by atoms with Gasteiger partial charge in [0, 0.05) is 12.6 Å². The quantitative estimate of drug-likeness (QED) is 0.618. The first-order chi connectivity index (χ1) is 14.6. The Bertz CT molecular complexity index is 952. The van der Waals surface area contributed by atoms with Gasteiger partial charge < -0.3 is 10.1 Å². The van der Waals surface area contributed by atoms with E-state index in [1.54, 1.807) is 30.3 Å². The molecule has 6 heteroatoms. The van der Waals surface area contributed by atoms with Crippen LogP contribution in [0.2, 0.25) is 0 Å². The minimum absolute atomic E-state index is 0.465. The van der Waals surface area contributed by atoms with Crippen molar-refractivity contribution in [1.29, 1.82) is 0 Å². The number of carbonyl (C=O) groups is 3. The van der Waals surface area contributed by atoms with Crippen LogP contribution in [0.25, 0.3) is 0 Å². The van der Waals surface area contributed by atoms with E-state index < -0.39 is 29.9 Å². The first-order valence-corrected chi connectivity index (χ1v) is 9.48. The molecule has 0 unspecified atom stereocenters. The van der Waals surface area contributed by atoms with E-state index in [1.807, 2.05) is 60.7 Å². The predicted octanol–water partition coefficient (Wildman–Crippen LogP) is 3.56. The molecule has 0 aromatic heterocycles. The second kappa shape index (κ2) is 10.0. The highest BCUT2D eigenvalue weighted by atomic mass is 16.5. The molecule has 0 spiro atoms. The molecule has 0 aliphatic carbocycles. The van der Waals surface area contributed by atoms with E-state index in [1.165, 1.54) is 7.05 Å². The topological polar surface area (TPSA) is 84.5 Å². The molecule has 30 heavy (non-hydrogen) atoms. The Morgan fingerprint density at radius 2 is 1.13 bits per heavy atom. The van der Waals surface area contributed by atoms with E-state index in [2.05, 4.69) is 10.6 Å². The molecule has 0 aliphatic heterocycles. The molecule has 3 amide bonds. The van der Waals surface area contributed by atoms with Crippen molar-refractivity contribution in [2.75, 3.05) is 7.05 Å². The van der Waals surface area contributed by atoms with Gasteiger partial charge in [-0.3, -0.25) is 14.9 Å². The number of benzene rings is 3. The number of hydrogen-bond acceptors (Lipinski definition) is 4. The fourth-order valence-corrected chi connectivity index (χ4v) is 3.08. The average Bonchev–Trinajstić information content (AvgIpc) is 2.79. The number of amides is 3. The van der Waals surface area contributed by atoms with Gasteiger partial charge in [0.2, 0.25) is 6.10 Å². The van der Waals surface area contributed by atoms with Crippen LogP contribution >= 0.6 is 0 Å². The second-order valence-electron chi connectivity index (χ2n) is 6.55. The van der Waals surface area contributed by atoms with Gasteiger partial charge >= 0.3 is 12.0 Å². The maximum atomic E-state index is 13.3. The summed E-state index contributed by atoms with van der Waals surface area (Å²) in [7, 11) is 1.40. The molecule has 152 valence electrons. The van der Waals surface area contributed by atoms with Crippen molar-refractivity contribution < 1.29 is 19.1 Å². The van der Waals surface area contributed by atoms with Crippen molar-refractivity contribution in [2.24, 2.45) is 0 Å². The lowest BCUT2D eigenvalue weighted by atomic mass is 9.91. The molecule has 0 saturated carbocycles. The van der Waals surface area contributed by atoms with Crippen LogP contribution in [0.3, 0.4) is 0 Å². The Morgan fingerprint density at radius 3 is 1.57 bits per heavy atom. The number of rotatable bonds is 6. The van der Waals surface area contributed by atoms with Gasteiger partial charge in [-0.05, 0) is 11.1 Å². The SMILES string of the molecule is CNC(=O)NC(=O)[C@@H](OC(=O)C(c1ccccc1)c1ccccc1)c1ccccc1. The molecule has 3 aromatic carbocycles. The Labute approximate surface area is 174 Å². The first-order valence-electron chi connectivity index (χ1n) is 9.48. The first kappa shape index (κ1) is 20.8. The summed E-state index contributed by atoms with van der Waals surface area (Å²) in [5, 5.41) is 4.50. The lowest BCUT2D eigenvalue weighted by Gasteiger charge is -2.22. The molecule has 3 aromatic rings. The third-order valence-corrected chi connectivity index (χ3v) is 4.54. The van der Waals surface area contributed by atoms with Crippen LogP contribution in [0.5, 0.6) is 0 Å². The average molecular weight is 402 g/mol. The van der Waals surface area contributed by atoms with Gasteiger partial charge in [-0.2, -0.15) is 0 Å². The van der Waals surface area contributed by atoms with Gasteiger partial charge in [0.15, 0.2) is 0 Å². The minimum atomic E-state index is -1.27. The maximum Gasteiger partial charge on any atom is 0.321 e. The number of esters is 1. The van der Waals surface area contributed by atoms with Gasteiger partial charge in [-0.25, -0.2) is 4.79 Å². The van der Waals surface area contributed by atoms with Crippen molar-refractivity contribution in [3.63, 3.8) is 0 Å². The molecule has 0 heterocycles. The van der Waals surface area contributed by atoms with E-state index in [0.717, 1.165) is 11.1 Å². The Balaban J connectivity index is 1.94. The summed E-state index contributed by atoms with van der Waals surface area (Å²) in [5.74, 6) is -2.03.